The molecule has 1 fully saturated rings. The maximum Gasteiger partial charge on any atom is 0.181 e. The van der Waals surface area contributed by atoms with Gasteiger partial charge in [0.15, 0.2) is 12.1 Å². The van der Waals surface area contributed by atoms with Crippen LogP contribution in [0.4, 0.5) is 0 Å². The smallest absolute Gasteiger partial charge is 0.181 e. The first-order valence-corrected chi connectivity index (χ1v) is 12.0. The molecule has 3 heterocycles. The molecule has 30 heavy (non-hydrogen) atoms. The van der Waals surface area contributed by atoms with Gasteiger partial charge in [0.05, 0.1) is 12.4 Å². The number of fused-ring (bicyclic) bond motifs is 1. The number of hydrogen-bond donors (Lipinski definition) is 2. The Bertz CT molecular complexity index is 792. The largest absolute Gasteiger partial charge is 0.396 e. The molecule has 164 valence electrons. The molecule has 2 N–H and O–H groups in total. The molecule has 0 saturated carbocycles. The number of hydrogen-bond acceptors (Lipinski definition) is 7. The highest BCUT2D eigenvalue weighted by atomic mass is 127. The normalized spacial score (nSPS) is 23.7. The van der Waals surface area contributed by atoms with Crippen LogP contribution in [-0.2, 0) is 6.54 Å². The van der Waals surface area contributed by atoms with E-state index in [1.165, 1.54) is 14.8 Å². The van der Waals surface area contributed by atoms with Crippen molar-refractivity contribution in [1.82, 2.24) is 24.9 Å². The molecule has 2 unspecified atom stereocenters. The minimum atomic E-state index is 0.0276. The second-order valence-electron chi connectivity index (χ2n) is 8.57. The molecule has 0 aromatic heterocycles. The van der Waals surface area contributed by atoms with Crippen molar-refractivity contribution in [2.24, 2.45) is 10.9 Å². The number of likely N-dealkylation sites (N-methyl/N-ethyl adjacent to an activating group) is 1. The lowest BCUT2D eigenvalue weighted by Crippen LogP contribution is -2.48. The van der Waals surface area contributed by atoms with Gasteiger partial charge in [0.25, 0.3) is 0 Å². The molecule has 0 radical (unpaired) electrons. The van der Waals surface area contributed by atoms with E-state index >= 15 is 0 Å². The van der Waals surface area contributed by atoms with Crippen molar-refractivity contribution in [2.45, 2.75) is 26.2 Å². The lowest BCUT2D eigenvalue weighted by molar-refractivity contribution is 0.0856. The standard InChI is InChI=1S/C22H33IN6O/c1-17(15-30)12-27-14-20-21(26(2)16-27)25-22(28-10-5-8-24-9-11-28)29(20)13-18-6-3-4-7-19(18)23/h3-4,6-7,14,17,22,24,30H,5,8-13,15-16H2,1-2H3. The fourth-order valence-electron chi connectivity index (χ4n) is 4.40. The van der Waals surface area contributed by atoms with Crippen molar-refractivity contribution in [3.63, 3.8) is 0 Å². The van der Waals surface area contributed by atoms with Gasteiger partial charge in [-0.25, -0.2) is 4.99 Å². The zero-order valence-corrected chi connectivity index (χ0v) is 20.1. The summed E-state index contributed by atoms with van der Waals surface area (Å²) in [4.78, 5) is 14.7. The Labute approximate surface area is 193 Å². The van der Waals surface area contributed by atoms with Crippen LogP contribution in [0.2, 0.25) is 0 Å². The molecule has 4 rings (SSSR count). The SMILES string of the molecule is CC(CO)CN1C=C2C(=NC(N3CCCNCC3)N2Cc2ccccc2I)N(C)C1. The summed E-state index contributed by atoms with van der Waals surface area (Å²) in [5.74, 6) is 1.32. The molecule has 0 bridgehead atoms. The topological polar surface area (TPSA) is 57.6 Å². The van der Waals surface area contributed by atoms with Crippen molar-refractivity contribution in [1.29, 1.82) is 0 Å². The number of aliphatic hydroxyl groups is 1. The van der Waals surface area contributed by atoms with E-state index in [-0.39, 0.29) is 18.8 Å². The minimum Gasteiger partial charge on any atom is -0.396 e. The van der Waals surface area contributed by atoms with Crippen molar-refractivity contribution < 1.29 is 5.11 Å². The predicted molar refractivity (Wildman–Crippen MR) is 129 cm³/mol. The Balaban J connectivity index is 1.66. The van der Waals surface area contributed by atoms with Gasteiger partial charge in [0, 0.05) is 56.1 Å². The quantitative estimate of drug-likeness (QED) is 0.554. The highest BCUT2D eigenvalue weighted by molar-refractivity contribution is 14.1. The lowest BCUT2D eigenvalue weighted by Gasteiger charge is -2.38. The van der Waals surface area contributed by atoms with Crippen LogP contribution in [0.15, 0.2) is 41.2 Å². The number of benzene rings is 1. The van der Waals surface area contributed by atoms with Gasteiger partial charge in [0.2, 0.25) is 0 Å². The molecule has 0 spiro atoms. The van der Waals surface area contributed by atoms with E-state index in [2.05, 4.69) is 91.9 Å². The third-order valence-corrected chi connectivity index (χ3v) is 7.03. The van der Waals surface area contributed by atoms with Gasteiger partial charge in [-0.05, 0) is 53.1 Å². The highest BCUT2D eigenvalue weighted by Crippen LogP contribution is 2.31. The van der Waals surface area contributed by atoms with Crippen molar-refractivity contribution in [3.8, 4) is 0 Å². The first kappa shape index (κ1) is 21.9. The van der Waals surface area contributed by atoms with Crippen LogP contribution in [0.1, 0.15) is 18.9 Å². The summed E-state index contributed by atoms with van der Waals surface area (Å²) in [6.45, 7) is 8.92. The fourth-order valence-corrected chi connectivity index (χ4v) is 4.96. The maximum atomic E-state index is 9.53. The van der Waals surface area contributed by atoms with Crippen LogP contribution in [-0.4, -0.2) is 89.9 Å². The van der Waals surface area contributed by atoms with Crippen LogP contribution < -0.4 is 5.32 Å². The average Bonchev–Trinajstić information content (AvgIpc) is 2.91. The zero-order valence-electron chi connectivity index (χ0n) is 18.0. The molecule has 8 heteroatoms. The highest BCUT2D eigenvalue weighted by Gasteiger charge is 2.39. The Morgan fingerprint density at radius 3 is 2.90 bits per heavy atom. The van der Waals surface area contributed by atoms with Gasteiger partial charge >= 0.3 is 0 Å². The second-order valence-corrected chi connectivity index (χ2v) is 9.73. The molecule has 1 aromatic rings. The fraction of sp³-hybridized carbons (Fsp3) is 0.591. The van der Waals surface area contributed by atoms with E-state index < -0.39 is 0 Å². The molecule has 7 nitrogen and oxygen atoms in total. The van der Waals surface area contributed by atoms with Crippen molar-refractivity contribution in [2.75, 3.05) is 53.0 Å². The van der Waals surface area contributed by atoms with Gasteiger partial charge < -0.3 is 25.1 Å². The summed E-state index contributed by atoms with van der Waals surface area (Å²) in [6, 6.07) is 8.62. The molecule has 3 aliphatic rings. The first-order valence-electron chi connectivity index (χ1n) is 10.9. The number of halogens is 1. The summed E-state index contributed by atoms with van der Waals surface area (Å²) in [6.07, 6.45) is 3.43. The van der Waals surface area contributed by atoms with E-state index in [1.54, 1.807) is 0 Å². The number of aliphatic imine (C=N–C) groups is 1. The summed E-state index contributed by atoms with van der Waals surface area (Å²) in [5, 5.41) is 13.0. The maximum absolute atomic E-state index is 9.53. The molecule has 0 aliphatic carbocycles. The molecule has 2 atom stereocenters. The zero-order chi connectivity index (χ0) is 21.1. The van der Waals surface area contributed by atoms with E-state index in [9.17, 15) is 5.11 Å². The number of rotatable bonds is 6. The van der Waals surface area contributed by atoms with Gasteiger partial charge in [-0.2, -0.15) is 0 Å². The van der Waals surface area contributed by atoms with Crippen LogP contribution >= 0.6 is 22.6 Å². The number of nitrogens with zero attached hydrogens (tertiary/aromatic N) is 5. The van der Waals surface area contributed by atoms with Crippen LogP contribution in [0, 0.1) is 9.49 Å². The minimum absolute atomic E-state index is 0.0276. The van der Waals surface area contributed by atoms with E-state index in [4.69, 9.17) is 4.99 Å². The third-order valence-electron chi connectivity index (χ3n) is 5.97. The second kappa shape index (κ2) is 9.84. The molecule has 1 saturated heterocycles. The first-order chi connectivity index (χ1) is 14.6. The van der Waals surface area contributed by atoms with Gasteiger partial charge in [-0.15, -0.1) is 0 Å². The number of aliphatic hydroxyl groups excluding tert-OH is 1. The number of amidine groups is 1. The monoisotopic (exact) mass is 524 g/mol. The molecule has 1 aromatic carbocycles. The molecule has 0 amide bonds. The van der Waals surface area contributed by atoms with E-state index in [1.807, 2.05) is 0 Å². The Morgan fingerprint density at radius 2 is 2.10 bits per heavy atom. The van der Waals surface area contributed by atoms with Gasteiger partial charge in [0.1, 0.15) is 0 Å². The Kier molecular flexibility index (Phi) is 7.17. The molecular weight excluding hydrogens is 491 g/mol. The van der Waals surface area contributed by atoms with Crippen molar-refractivity contribution >= 4 is 28.4 Å². The van der Waals surface area contributed by atoms with Crippen LogP contribution in [0.25, 0.3) is 0 Å². The number of nitrogens with one attached hydrogen (secondary N) is 1. The van der Waals surface area contributed by atoms with E-state index in [0.717, 1.165) is 58.2 Å². The lowest BCUT2D eigenvalue weighted by atomic mass is 10.1. The van der Waals surface area contributed by atoms with Gasteiger partial charge in [-0.1, -0.05) is 25.1 Å². The molecule has 3 aliphatic heterocycles. The predicted octanol–water partition coefficient (Wildman–Crippen LogP) is 1.76. The van der Waals surface area contributed by atoms with Crippen LogP contribution in [0.5, 0.6) is 0 Å². The summed E-state index contributed by atoms with van der Waals surface area (Å²) in [7, 11) is 2.12. The summed E-state index contributed by atoms with van der Waals surface area (Å²) < 4.78 is 1.29. The van der Waals surface area contributed by atoms with Crippen LogP contribution in [0.3, 0.4) is 0 Å². The summed E-state index contributed by atoms with van der Waals surface area (Å²) >= 11 is 2.44. The third kappa shape index (κ3) is 4.76. The summed E-state index contributed by atoms with van der Waals surface area (Å²) in [5.41, 5.74) is 2.52. The van der Waals surface area contributed by atoms with Gasteiger partial charge in [-0.3, -0.25) is 4.90 Å². The Hall–Kier alpha value is -1.36. The van der Waals surface area contributed by atoms with Crippen molar-refractivity contribution in [3.05, 3.63) is 45.3 Å². The average molecular weight is 524 g/mol. The Morgan fingerprint density at radius 1 is 1.27 bits per heavy atom. The molecular formula is C22H33IN6O. The van der Waals surface area contributed by atoms with E-state index in [0.29, 0.717) is 0 Å².